The summed E-state index contributed by atoms with van der Waals surface area (Å²) in [5.74, 6) is 2.58. The molecule has 0 bridgehead atoms. The van der Waals surface area contributed by atoms with Crippen LogP contribution in [-0.2, 0) is 12.8 Å². The summed E-state index contributed by atoms with van der Waals surface area (Å²) in [5.41, 5.74) is 3.67. The van der Waals surface area contributed by atoms with Gasteiger partial charge in [-0.05, 0) is 38.0 Å². The number of para-hydroxylation sites is 1. The van der Waals surface area contributed by atoms with E-state index in [4.69, 9.17) is 4.74 Å². The Labute approximate surface area is 153 Å². The molecule has 4 nitrogen and oxygen atoms in total. The molecule has 1 atom stereocenters. The molecule has 0 amide bonds. The van der Waals surface area contributed by atoms with E-state index in [1.165, 1.54) is 11.1 Å². The van der Waals surface area contributed by atoms with E-state index in [2.05, 4.69) is 41.4 Å². The molecule has 0 saturated carbocycles. The third-order valence-electron chi connectivity index (χ3n) is 4.12. The summed E-state index contributed by atoms with van der Waals surface area (Å²) in [7, 11) is 1.99. The summed E-state index contributed by atoms with van der Waals surface area (Å²) in [5, 5.41) is 9.56. The first-order chi connectivity index (χ1) is 12.0. The largest absolute Gasteiger partial charge is 0.482 e. The maximum atomic E-state index is 6.07. The topological polar surface area (TPSA) is 39.9 Å². The molecule has 0 fully saturated rings. The van der Waals surface area contributed by atoms with Crippen LogP contribution >= 0.6 is 11.8 Å². The molecule has 0 aliphatic heterocycles. The van der Waals surface area contributed by atoms with Crippen molar-refractivity contribution in [3.05, 3.63) is 71.0 Å². The Morgan fingerprint density at radius 3 is 2.48 bits per heavy atom. The molecule has 0 radical (unpaired) electrons. The van der Waals surface area contributed by atoms with Crippen LogP contribution in [0.4, 0.5) is 0 Å². The number of thioether (sulfide) groups is 1. The van der Waals surface area contributed by atoms with Crippen LogP contribution < -0.4 is 4.74 Å². The predicted octanol–water partition coefficient (Wildman–Crippen LogP) is 4.86. The Hall–Kier alpha value is -2.27. The van der Waals surface area contributed by atoms with Gasteiger partial charge in [0, 0.05) is 12.8 Å². The fraction of sp³-hybridized carbons (Fsp3) is 0.300. The maximum absolute atomic E-state index is 6.07. The highest BCUT2D eigenvalue weighted by Gasteiger charge is 2.17. The molecular formula is C20H23N3OS. The number of aryl methyl sites for hydroxylation is 2. The number of aromatic nitrogens is 3. The molecule has 130 valence electrons. The minimum Gasteiger partial charge on any atom is -0.482 e. The third kappa shape index (κ3) is 4.23. The summed E-state index contributed by atoms with van der Waals surface area (Å²) in [6.45, 7) is 6.15. The van der Waals surface area contributed by atoms with E-state index in [1.807, 2.05) is 49.7 Å². The molecule has 3 rings (SSSR count). The molecule has 0 spiro atoms. The molecule has 1 unspecified atom stereocenters. The van der Waals surface area contributed by atoms with Gasteiger partial charge in [-0.15, -0.1) is 10.2 Å². The lowest BCUT2D eigenvalue weighted by Gasteiger charge is -2.15. The van der Waals surface area contributed by atoms with Crippen molar-refractivity contribution >= 4 is 11.8 Å². The zero-order valence-electron chi connectivity index (χ0n) is 15.1. The standard InChI is InChI=1S/C20H23N3OS/c1-14-9-11-17(12-10-14)13-25-20-22-21-19(23(20)4)16(3)24-18-8-6-5-7-15(18)2/h5-12,16H,13H2,1-4H3. The average molecular weight is 353 g/mol. The van der Waals surface area contributed by atoms with Crippen LogP contribution in [0.15, 0.2) is 53.7 Å². The van der Waals surface area contributed by atoms with Gasteiger partial charge in [0.05, 0.1) is 0 Å². The van der Waals surface area contributed by atoms with Gasteiger partial charge in [-0.25, -0.2) is 0 Å². The van der Waals surface area contributed by atoms with Crippen LogP contribution in [0.25, 0.3) is 0 Å². The fourth-order valence-electron chi connectivity index (χ4n) is 2.57. The molecule has 3 aromatic rings. The first kappa shape index (κ1) is 17.5. The number of rotatable bonds is 6. The molecule has 0 aliphatic rings. The molecule has 0 aliphatic carbocycles. The van der Waals surface area contributed by atoms with Crippen LogP contribution in [0, 0.1) is 13.8 Å². The maximum Gasteiger partial charge on any atom is 0.191 e. The van der Waals surface area contributed by atoms with E-state index in [9.17, 15) is 0 Å². The van der Waals surface area contributed by atoms with E-state index in [-0.39, 0.29) is 6.10 Å². The van der Waals surface area contributed by atoms with Crippen molar-refractivity contribution in [1.29, 1.82) is 0 Å². The summed E-state index contributed by atoms with van der Waals surface area (Å²) in [6, 6.07) is 16.6. The van der Waals surface area contributed by atoms with Crippen LogP contribution in [0.3, 0.4) is 0 Å². The minimum absolute atomic E-state index is 0.160. The second-order valence-electron chi connectivity index (χ2n) is 6.20. The monoisotopic (exact) mass is 353 g/mol. The van der Waals surface area contributed by atoms with Crippen molar-refractivity contribution in [2.45, 2.75) is 37.8 Å². The Morgan fingerprint density at radius 1 is 1.04 bits per heavy atom. The van der Waals surface area contributed by atoms with Gasteiger partial charge < -0.3 is 9.30 Å². The SMILES string of the molecule is Cc1ccc(CSc2nnc(C(C)Oc3ccccc3C)n2C)cc1. The second kappa shape index (κ2) is 7.74. The number of nitrogens with zero attached hydrogens (tertiary/aromatic N) is 3. The lowest BCUT2D eigenvalue weighted by Crippen LogP contribution is -2.10. The van der Waals surface area contributed by atoms with E-state index >= 15 is 0 Å². The van der Waals surface area contributed by atoms with Gasteiger partial charge in [0.1, 0.15) is 5.75 Å². The first-order valence-corrected chi connectivity index (χ1v) is 9.33. The molecule has 0 saturated heterocycles. The summed E-state index contributed by atoms with van der Waals surface area (Å²) in [6.07, 6.45) is -0.160. The van der Waals surface area contributed by atoms with Crippen LogP contribution in [0.2, 0.25) is 0 Å². The van der Waals surface area contributed by atoms with Gasteiger partial charge >= 0.3 is 0 Å². The lowest BCUT2D eigenvalue weighted by atomic mass is 10.2. The van der Waals surface area contributed by atoms with E-state index in [0.717, 1.165) is 28.0 Å². The van der Waals surface area contributed by atoms with E-state index in [1.54, 1.807) is 11.8 Å². The summed E-state index contributed by atoms with van der Waals surface area (Å²) < 4.78 is 8.08. The number of benzene rings is 2. The van der Waals surface area contributed by atoms with Crippen LogP contribution in [-0.4, -0.2) is 14.8 Å². The number of hydrogen-bond donors (Lipinski definition) is 0. The van der Waals surface area contributed by atoms with E-state index < -0.39 is 0 Å². The van der Waals surface area contributed by atoms with Gasteiger partial charge in [0.25, 0.3) is 0 Å². The van der Waals surface area contributed by atoms with Gasteiger partial charge in [0.2, 0.25) is 0 Å². The average Bonchev–Trinajstić information content (AvgIpc) is 2.97. The van der Waals surface area contributed by atoms with Crippen molar-refractivity contribution in [3.8, 4) is 5.75 Å². The smallest absolute Gasteiger partial charge is 0.191 e. The highest BCUT2D eigenvalue weighted by molar-refractivity contribution is 7.98. The van der Waals surface area contributed by atoms with Gasteiger partial charge in [0.15, 0.2) is 17.1 Å². The summed E-state index contributed by atoms with van der Waals surface area (Å²) >= 11 is 1.69. The van der Waals surface area contributed by atoms with Crippen molar-refractivity contribution in [3.63, 3.8) is 0 Å². The molecule has 1 heterocycles. The molecule has 2 aromatic carbocycles. The fourth-order valence-corrected chi connectivity index (χ4v) is 3.44. The molecule has 25 heavy (non-hydrogen) atoms. The normalized spacial score (nSPS) is 12.2. The van der Waals surface area contributed by atoms with Crippen LogP contribution in [0.1, 0.15) is 35.5 Å². The van der Waals surface area contributed by atoms with Gasteiger partial charge in [-0.3, -0.25) is 0 Å². The Kier molecular flexibility index (Phi) is 5.43. The van der Waals surface area contributed by atoms with Crippen molar-refractivity contribution in [1.82, 2.24) is 14.8 Å². The zero-order valence-corrected chi connectivity index (χ0v) is 15.9. The Morgan fingerprint density at radius 2 is 1.76 bits per heavy atom. The van der Waals surface area contributed by atoms with E-state index in [0.29, 0.717) is 0 Å². The van der Waals surface area contributed by atoms with Gasteiger partial charge in [-0.2, -0.15) is 0 Å². The minimum atomic E-state index is -0.160. The lowest BCUT2D eigenvalue weighted by molar-refractivity contribution is 0.210. The summed E-state index contributed by atoms with van der Waals surface area (Å²) in [4.78, 5) is 0. The highest BCUT2D eigenvalue weighted by atomic mass is 32.2. The predicted molar refractivity (Wildman–Crippen MR) is 102 cm³/mol. The number of hydrogen-bond acceptors (Lipinski definition) is 4. The zero-order chi connectivity index (χ0) is 17.8. The van der Waals surface area contributed by atoms with Crippen molar-refractivity contribution in [2.75, 3.05) is 0 Å². The molecule has 0 N–H and O–H groups in total. The molecular weight excluding hydrogens is 330 g/mol. The third-order valence-corrected chi connectivity index (χ3v) is 5.21. The Balaban J connectivity index is 1.67. The second-order valence-corrected chi connectivity index (χ2v) is 7.14. The Bertz CT molecular complexity index is 842. The molecule has 5 heteroatoms. The number of ether oxygens (including phenoxy) is 1. The first-order valence-electron chi connectivity index (χ1n) is 8.34. The van der Waals surface area contributed by atoms with Crippen molar-refractivity contribution in [2.24, 2.45) is 7.05 Å². The van der Waals surface area contributed by atoms with Crippen molar-refractivity contribution < 1.29 is 4.74 Å². The quantitative estimate of drug-likeness (QED) is 0.593. The molecule has 1 aromatic heterocycles. The van der Waals surface area contributed by atoms with Crippen LogP contribution in [0.5, 0.6) is 5.75 Å². The highest BCUT2D eigenvalue weighted by Crippen LogP contribution is 2.27. The van der Waals surface area contributed by atoms with Gasteiger partial charge in [-0.1, -0.05) is 59.8 Å².